The molecule has 190 valence electrons. The first-order chi connectivity index (χ1) is 18.4. The first-order valence-electron chi connectivity index (χ1n) is 13.5. The van der Waals surface area contributed by atoms with Crippen LogP contribution in [0.4, 0.5) is 0 Å². The lowest BCUT2D eigenvalue weighted by molar-refractivity contribution is 0.352. The van der Waals surface area contributed by atoms with Crippen molar-refractivity contribution in [2.75, 3.05) is 0 Å². The Balaban J connectivity index is 1.86. The Bertz CT molecular complexity index is 1590. The molecule has 0 N–H and O–H groups in total. The van der Waals surface area contributed by atoms with Gasteiger partial charge in [-0.25, -0.2) is 0 Å². The van der Waals surface area contributed by atoms with Crippen molar-refractivity contribution in [1.82, 2.24) is 0 Å². The molecule has 2 atom stereocenters. The second-order valence-corrected chi connectivity index (χ2v) is 12.6. The predicted molar refractivity (Wildman–Crippen MR) is 172 cm³/mol. The van der Waals surface area contributed by atoms with Gasteiger partial charge in [-0.05, 0) is 141 Å². The Labute approximate surface area is 242 Å². The first kappa shape index (κ1) is 25.6. The van der Waals surface area contributed by atoms with Crippen molar-refractivity contribution in [1.29, 1.82) is 0 Å². The molecular weight excluding hydrogens is 592 g/mol. The number of benzene rings is 4. The second kappa shape index (κ2) is 10.1. The van der Waals surface area contributed by atoms with E-state index in [0.29, 0.717) is 11.8 Å². The van der Waals surface area contributed by atoms with Gasteiger partial charge in [0.05, 0.1) is 0 Å². The summed E-state index contributed by atoms with van der Waals surface area (Å²) in [7, 11) is 0. The first-order valence-corrected chi connectivity index (χ1v) is 15.1. The Morgan fingerprint density at radius 3 is 1.34 bits per heavy atom. The SMILES string of the molecule is C=Cc1c(C=C)c(C)c2cc3c(cc2c1C)=C(c1ccc(Br)cc1)C1CCCCC1C=3c1ccc(Br)cc1. The van der Waals surface area contributed by atoms with Crippen molar-refractivity contribution in [2.45, 2.75) is 39.5 Å². The minimum absolute atomic E-state index is 0.515. The average Bonchev–Trinajstić information content (AvgIpc) is 2.94. The van der Waals surface area contributed by atoms with Gasteiger partial charge in [-0.1, -0.05) is 94.3 Å². The van der Waals surface area contributed by atoms with Crippen molar-refractivity contribution < 1.29 is 0 Å². The maximum absolute atomic E-state index is 4.15. The summed E-state index contributed by atoms with van der Waals surface area (Å²) in [4.78, 5) is 0. The summed E-state index contributed by atoms with van der Waals surface area (Å²) in [6.07, 6.45) is 9.04. The largest absolute Gasteiger partial charge is 0.0984 e. The molecule has 2 aliphatic carbocycles. The highest BCUT2D eigenvalue weighted by Gasteiger charge is 2.35. The lowest BCUT2D eigenvalue weighted by Gasteiger charge is -2.39. The summed E-state index contributed by atoms with van der Waals surface area (Å²) in [6.45, 7) is 12.8. The van der Waals surface area contributed by atoms with Crippen LogP contribution >= 0.6 is 31.9 Å². The number of halogens is 2. The summed E-state index contributed by atoms with van der Waals surface area (Å²) in [5.74, 6) is 1.03. The van der Waals surface area contributed by atoms with Crippen LogP contribution in [0.15, 0.2) is 82.8 Å². The normalized spacial score (nSPS) is 18.7. The molecule has 0 nitrogen and oxygen atoms in total. The van der Waals surface area contributed by atoms with E-state index in [-0.39, 0.29) is 0 Å². The summed E-state index contributed by atoms with van der Waals surface area (Å²) < 4.78 is 2.25. The van der Waals surface area contributed by atoms with Crippen molar-refractivity contribution in [3.63, 3.8) is 0 Å². The fourth-order valence-electron chi connectivity index (χ4n) is 7.11. The van der Waals surface area contributed by atoms with Crippen LogP contribution in [-0.4, -0.2) is 0 Å². The Hall–Kier alpha value is -2.68. The van der Waals surface area contributed by atoms with Gasteiger partial charge in [0.15, 0.2) is 0 Å². The van der Waals surface area contributed by atoms with Crippen LogP contribution in [0.25, 0.3) is 34.1 Å². The Morgan fingerprint density at radius 2 is 1.00 bits per heavy atom. The van der Waals surface area contributed by atoms with Gasteiger partial charge in [-0.2, -0.15) is 0 Å². The van der Waals surface area contributed by atoms with E-state index >= 15 is 0 Å². The zero-order valence-electron chi connectivity index (χ0n) is 22.1. The van der Waals surface area contributed by atoms with Crippen molar-refractivity contribution in [3.05, 3.63) is 127 Å². The Kier molecular flexibility index (Phi) is 6.82. The molecule has 0 aromatic heterocycles. The third kappa shape index (κ3) is 4.08. The second-order valence-electron chi connectivity index (χ2n) is 10.8. The molecule has 2 unspecified atom stereocenters. The van der Waals surface area contributed by atoms with Crippen molar-refractivity contribution in [3.8, 4) is 0 Å². The standard InChI is InChI=1S/C36H32Br2/c1-5-27-21(3)31-19-33-34(20-32(31)22(4)28(27)6-2)36(24-13-17-26(38)18-14-24)30-10-8-7-9-29(30)35(33)23-11-15-25(37)16-12-23/h5-6,11-20,29-30H,1-2,7-10H2,3-4H3. The smallest absolute Gasteiger partial charge is 0.0175 e. The van der Waals surface area contributed by atoms with E-state index < -0.39 is 0 Å². The van der Waals surface area contributed by atoms with Gasteiger partial charge in [-0.3, -0.25) is 0 Å². The van der Waals surface area contributed by atoms with Gasteiger partial charge in [0, 0.05) is 8.95 Å². The summed E-state index contributed by atoms with van der Waals surface area (Å²) in [5, 5.41) is 5.43. The quantitative estimate of drug-likeness (QED) is 0.212. The van der Waals surface area contributed by atoms with Gasteiger partial charge in [0.2, 0.25) is 0 Å². The third-order valence-corrected chi connectivity index (χ3v) is 9.93. The fraction of sp³-hybridized carbons (Fsp3) is 0.222. The average molecular weight is 624 g/mol. The zero-order chi connectivity index (χ0) is 26.6. The molecular formula is C36H32Br2. The van der Waals surface area contributed by atoms with Crippen LogP contribution in [-0.2, 0) is 0 Å². The molecule has 0 aliphatic heterocycles. The molecule has 1 fully saturated rings. The highest BCUT2D eigenvalue weighted by atomic mass is 79.9. The number of hydrogen-bond acceptors (Lipinski definition) is 0. The van der Waals surface area contributed by atoms with E-state index in [2.05, 4.69) is 120 Å². The molecule has 1 saturated carbocycles. The van der Waals surface area contributed by atoms with E-state index in [1.807, 2.05) is 12.2 Å². The molecule has 0 spiro atoms. The van der Waals surface area contributed by atoms with Crippen LogP contribution < -0.4 is 10.4 Å². The van der Waals surface area contributed by atoms with E-state index in [1.54, 1.807) is 0 Å². The minimum Gasteiger partial charge on any atom is -0.0984 e. The zero-order valence-corrected chi connectivity index (χ0v) is 25.3. The highest BCUT2D eigenvalue weighted by Crippen LogP contribution is 2.46. The van der Waals surface area contributed by atoms with Crippen LogP contribution in [0.2, 0.25) is 0 Å². The van der Waals surface area contributed by atoms with Crippen LogP contribution in [0, 0.1) is 25.7 Å². The van der Waals surface area contributed by atoms with Crippen molar-refractivity contribution in [2.24, 2.45) is 11.8 Å². The predicted octanol–water partition coefficient (Wildman–Crippen LogP) is 9.49. The van der Waals surface area contributed by atoms with E-state index in [9.17, 15) is 0 Å². The maximum atomic E-state index is 4.15. The van der Waals surface area contributed by atoms with Gasteiger partial charge in [0.1, 0.15) is 0 Å². The summed E-state index contributed by atoms with van der Waals surface area (Å²) >= 11 is 7.32. The number of aryl methyl sites for hydroxylation is 2. The molecule has 0 radical (unpaired) electrons. The van der Waals surface area contributed by atoms with Crippen LogP contribution in [0.3, 0.4) is 0 Å². The molecule has 2 heteroatoms. The number of rotatable bonds is 4. The number of fused-ring (bicyclic) bond motifs is 3. The molecule has 2 aliphatic rings. The minimum atomic E-state index is 0.515. The monoisotopic (exact) mass is 622 g/mol. The van der Waals surface area contributed by atoms with Crippen LogP contribution in [0.5, 0.6) is 0 Å². The van der Waals surface area contributed by atoms with E-state index in [0.717, 1.165) is 8.95 Å². The molecule has 0 bridgehead atoms. The lowest BCUT2D eigenvalue weighted by Crippen LogP contribution is -2.42. The lowest BCUT2D eigenvalue weighted by atomic mass is 9.65. The number of hydrogen-bond donors (Lipinski definition) is 0. The van der Waals surface area contributed by atoms with E-state index in [4.69, 9.17) is 0 Å². The topological polar surface area (TPSA) is 0 Å². The van der Waals surface area contributed by atoms with Gasteiger partial charge in [-0.15, -0.1) is 0 Å². The molecule has 0 heterocycles. The van der Waals surface area contributed by atoms with Gasteiger partial charge >= 0.3 is 0 Å². The third-order valence-electron chi connectivity index (χ3n) is 8.87. The summed E-state index contributed by atoms with van der Waals surface area (Å²) in [6, 6.07) is 23.0. The van der Waals surface area contributed by atoms with Gasteiger partial charge < -0.3 is 0 Å². The molecule has 38 heavy (non-hydrogen) atoms. The fourth-order valence-corrected chi connectivity index (χ4v) is 7.63. The maximum Gasteiger partial charge on any atom is 0.0175 e. The summed E-state index contributed by atoms with van der Waals surface area (Å²) in [5.41, 5.74) is 10.7. The molecule has 6 rings (SSSR count). The Morgan fingerprint density at radius 1 is 0.632 bits per heavy atom. The van der Waals surface area contributed by atoms with Crippen LogP contribution in [0.1, 0.15) is 59.1 Å². The van der Waals surface area contributed by atoms with Crippen molar-refractivity contribution >= 4 is 65.9 Å². The van der Waals surface area contributed by atoms with Gasteiger partial charge in [0.25, 0.3) is 0 Å². The molecule has 4 aromatic carbocycles. The van der Waals surface area contributed by atoms with E-state index in [1.165, 1.54) is 91.4 Å². The molecule has 0 saturated heterocycles. The molecule has 0 amide bonds. The highest BCUT2D eigenvalue weighted by molar-refractivity contribution is 9.10. The molecule has 4 aromatic rings.